The molecule has 2 aromatic carbocycles. The molecule has 17 heteroatoms. The number of benzene rings is 2. The number of nitrogens with one attached hydrogen (secondary N) is 2. The van der Waals surface area contributed by atoms with E-state index in [2.05, 4.69) is 57.5 Å². The van der Waals surface area contributed by atoms with Crippen molar-refractivity contribution in [2.24, 2.45) is 11.8 Å². The monoisotopic (exact) mass is 1030 g/mol. The maximum absolute atomic E-state index is 15.3. The fraction of sp³-hybridized carbons (Fsp3) is 0.525. The minimum Gasteiger partial charge on any atom is -0.490 e. The van der Waals surface area contributed by atoms with Gasteiger partial charge in [-0.3, -0.25) is 34.3 Å². The zero-order valence-electron chi connectivity index (χ0n) is 43.7. The van der Waals surface area contributed by atoms with E-state index in [0.29, 0.717) is 82.3 Å². The predicted molar refractivity (Wildman–Crippen MR) is 285 cm³/mol. The van der Waals surface area contributed by atoms with E-state index in [4.69, 9.17) is 14.7 Å². The predicted octanol–water partition coefficient (Wildman–Crippen LogP) is 8.58. The number of fused-ring (bicyclic) bond motifs is 3. The summed E-state index contributed by atoms with van der Waals surface area (Å²) >= 11 is 0. The Labute approximate surface area is 443 Å². The Kier molecular flexibility index (Phi) is 13.6. The number of hydrogen-bond acceptors (Lipinski definition) is 11. The number of hydrogen-bond donors (Lipinski definition) is 2. The molecule has 0 bridgehead atoms. The number of nitrogens with zero attached hydrogens (tertiary/aromatic N) is 8. The van der Waals surface area contributed by atoms with Gasteiger partial charge in [0.05, 0.1) is 46.9 Å². The first-order valence-electron chi connectivity index (χ1n) is 28.1. The van der Waals surface area contributed by atoms with Crippen LogP contribution in [-0.4, -0.2) is 121 Å². The van der Waals surface area contributed by atoms with E-state index >= 15 is 9.18 Å². The summed E-state index contributed by atoms with van der Waals surface area (Å²) in [6.07, 6.45) is 16.3. The molecule has 3 aromatic heterocycles. The molecule has 1 spiro atoms. The summed E-state index contributed by atoms with van der Waals surface area (Å²) in [5.74, 6) is 0.116. The second-order valence-corrected chi connectivity index (χ2v) is 22.9. The Morgan fingerprint density at radius 2 is 1.51 bits per heavy atom. The van der Waals surface area contributed by atoms with E-state index in [1.807, 2.05) is 44.7 Å². The lowest BCUT2D eigenvalue weighted by molar-refractivity contribution is -0.145. The van der Waals surface area contributed by atoms with E-state index in [1.165, 1.54) is 25.5 Å². The van der Waals surface area contributed by atoms with Gasteiger partial charge in [0, 0.05) is 80.0 Å². The number of carbonyl (C=O) groups excluding carboxylic acids is 5. The molecule has 7 aliphatic rings. The van der Waals surface area contributed by atoms with Crippen LogP contribution >= 0.6 is 0 Å². The van der Waals surface area contributed by atoms with Crippen molar-refractivity contribution < 1.29 is 33.1 Å². The Morgan fingerprint density at radius 1 is 0.803 bits per heavy atom. The Hall–Kier alpha value is -6.75. The van der Waals surface area contributed by atoms with Gasteiger partial charge in [-0.05, 0) is 152 Å². The lowest BCUT2D eigenvalue weighted by atomic mass is 9.73. The highest BCUT2D eigenvalue weighted by Gasteiger charge is 2.56. The molecule has 5 amide bonds. The minimum atomic E-state index is -0.748. The summed E-state index contributed by atoms with van der Waals surface area (Å²) in [7, 11) is 0. The molecule has 8 heterocycles. The topological polar surface area (TPSA) is 175 Å². The van der Waals surface area contributed by atoms with Gasteiger partial charge in [-0.1, -0.05) is 30.7 Å². The molecule has 398 valence electrons. The molecule has 6 fully saturated rings. The summed E-state index contributed by atoms with van der Waals surface area (Å²) in [6.45, 7) is 8.48. The lowest BCUT2D eigenvalue weighted by Gasteiger charge is -2.48. The van der Waals surface area contributed by atoms with E-state index in [9.17, 15) is 19.2 Å². The molecule has 0 radical (unpaired) electrons. The summed E-state index contributed by atoms with van der Waals surface area (Å²) < 4.78 is 23.4. The van der Waals surface area contributed by atoms with Gasteiger partial charge >= 0.3 is 0 Å². The van der Waals surface area contributed by atoms with Crippen LogP contribution in [0, 0.1) is 17.7 Å². The Balaban J connectivity index is 0.699. The third kappa shape index (κ3) is 9.39. The zero-order chi connectivity index (χ0) is 52.2. The molecule has 4 saturated heterocycles. The number of imide groups is 1. The van der Waals surface area contributed by atoms with Crippen LogP contribution in [0.2, 0.25) is 0 Å². The van der Waals surface area contributed by atoms with Crippen molar-refractivity contribution in [3.05, 3.63) is 90.3 Å². The Morgan fingerprint density at radius 3 is 2.21 bits per heavy atom. The number of imidazole rings is 1. The molecule has 76 heavy (non-hydrogen) atoms. The van der Waals surface area contributed by atoms with E-state index in [0.717, 1.165) is 90.8 Å². The van der Waals surface area contributed by atoms with Crippen LogP contribution in [0.4, 0.5) is 21.6 Å². The number of likely N-dealkylation sites (tertiary alicyclic amines) is 3. The molecule has 2 saturated carbocycles. The van der Waals surface area contributed by atoms with Gasteiger partial charge in [-0.25, -0.2) is 14.4 Å². The van der Waals surface area contributed by atoms with Gasteiger partial charge in [0.2, 0.25) is 29.5 Å². The number of amides is 5. The lowest BCUT2D eigenvalue weighted by Crippen LogP contribution is -2.58. The molecule has 1 atom stereocenters. The molecule has 5 aliphatic heterocycles. The summed E-state index contributed by atoms with van der Waals surface area (Å²) in [6, 6.07) is 18.0. The zero-order valence-corrected chi connectivity index (χ0v) is 43.7. The van der Waals surface area contributed by atoms with Crippen molar-refractivity contribution >= 4 is 57.8 Å². The normalized spacial score (nSPS) is 25.2. The number of ether oxygens (including phenoxy) is 1. The third-order valence-corrected chi connectivity index (χ3v) is 18.1. The number of aromatic nitrogens is 4. The van der Waals surface area contributed by atoms with Crippen molar-refractivity contribution in [2.45, 2.75) is 146 Å². The molecular formula is C59H69FN10O6. The number of anilines is 3. The minimum absolute atomic E-state index is 0.00433. The van der Waals surface area contributed by atoms with Gasteiger partial charge in [-0.2, -0.15) is 0 Å². The number of carbonyl (C=O) groups is 5. The molecule has 2 aliphatic carbocycles. The maximum Gasteiger partial charge on any atom is 0.238 e. The highest BCUT2D eigenvalue weighted by molar-refractivity contribution is 6.09. The van der Waals surface area contributed by atoms with Crippen molar-refractivity contribution in [1.29, 1.82) is 0 Å². The van der Waals surface area contributed by atoms with Crippen LogP contribution in [0.1, 0.15) is 133 Å². The molecule has 12 rings (SSSR count). The second-order valence-electron chi connectivity index (χ2n) is 22.9. The summed E-state index contributed by atoms with van der Waals surface area (Å²) in [5, 5.41) is 5.67. The SMILES string of the molecule is CC(C)n1cnc2cc(-c3ccc4c(c3)N(C3CC(N5CCCCC5)C3)C(=O)C43CCN(C(=O)C4CCN(C(=O)C5CCC(Oc6ccc(C7CCC(=O)NC7=O)cc6)CC5)CC4)CC3)nc(Nc3ccncc3F)c21. The van der Waals surface area contributed by atoms with Crippen molar-refractivity contribution in [3.8, 4) is 17.0 Å². The van der Waals surface area contributed by atoms with Gasteiger partial charge in [0.15, 0.2) is 11.6 Å². The molecule has 16 nitrogen and oxygen atoms in total. The highest BCUT2D eigenvalue weighted by atomic mass is 19.1. The van der Waals surface area contributed by atoms with Crippen LogP contribution in [0.15, 0.2) is 73.3 Å². The first-order chi connectivity index (χ1) is 36.9. The molecular weight excluding hydrogens is 964 g/mol. The third-order valence-electron chi connectivity index (χ3n) is 18.1. The fourth-order valence-electron chi connectivity index (χ4n) is 13.6. The smallest absolute Gasteiger partial charge is 0.238 e. The van der Waals surface area contributed by atoms with Crippen LogP contribution in [0.3, 0.4) is 0 Å². The van der Waals surface area contributed by atoms with Crippen LogP contribution in [0.5, 0.6) is 5.75 Å². The van der Waals surface area contributed by atoms with Gasteiger partial charge in [-0.15, -0.1) is 0 Å². The van der Waals surface area contributed by atoms with E-state index in [1.54, 1.807) is 18.6 Å². The van der Waals surface area contributed by atoms with Gasteiger partial charge < -0.3 is 34.2 Å². The standard InChI is InChI=1S/C59H69FN10O6/c1-36(2)69-35-62-50-33-49(64-54(53(50)69)63-48-18-23-61-34-47(48)60)40-10-16-46-51(30-40)70(42-31-41(32-42)66-24-4-3-5-25-66)58(75)59(46)21-28-68(29-22-59)57(74)39-19-26-67(27-20-39)56(73)38-8-13-44(14-9-38)76-43-11-6-37(7-12-43)45-15-17-52(71)65-55(45)72/h6-7,10-12,16,18,23,30,33-36,38-39,41-42,44-45H,3-5,8-9,13-15,17,19-22,24-29,31-32H2,1-2H3,(H,61,63,64)(H,65,71,72). The average Bonchev–Trinajstić information content (AvgIpc) is 4.00. The fourth-order valence-corrected chi connectivity index (χ4v) is 13.6. The first kappa shape index (κ1) is 50.1. The number of piperidine rings is 4. The van der Waals surface area contributed by atoms with E-state index < -0.39 is 11.2 Å². The van der Waals surface area contributed by atoms with E-state index in [-0.39, 0.29) is 71.2 Å². The Bertz CT molecular complexity index is 3030. The summed E-state index contributed by atoms with van der Waals surface area (Å²) in [5.41, 5.74) is 5.31. The van der Waals surface area contributed by atoms with Crippen LogP contribution in [0.25, 0.3) is 22.3 Å². The van der Waals surface area contributed by atoms with Gasteiger partial charge in [0.1, 0.15) is 11.3 Å². The molecule has 5 aromatic rings. The number of pyridine rings is 2. The van der Waals surface area contributed by atoms with Crippen LogP contribution < -0.4 is 20.3 Å². The highest BCUT2D eigenvalue weighted by Crippen LogP contribution is 2.52. The number of rotatable bonds is 11. The first-order valence-corrected chi connectivity index (χ1v) is 28.1. The van der Waals surface area contributed by atoms with Crippen molar-refractivity contribution in [2.75, 3.05) is 49.5 Å². The van der Waals surface area contributed by atoms with Gasteiger partial charge in [0.25, 0.3) is 0 Å². The average molecular weight is 1030 g/mol. The van der Waals surface area contributed by atoms with Crippen LogP contribution in [-0.2, 0) is 29.4 Å². The summed E-state index contributed by atoms with van der Waals surface area (Å²) in [4.78, 5) is 89.9. The number of halogens is 1. The molecule has 2 N–H and O–H groups in total. The maximum atomic E-state index is 15.3. The molecule has 1 unspecified atom stereocenters. The largest absolute Gasteiger partial charge is 0.490 e. The van der Waals surface area contributed by atoms with Crippen molar-refractivity contribution in [1.82, 2.24) is 39.5 Å². The van der Waals surface area contributed by atoms with Crippen molar-refractivity contribution in [3.63, 3.8) is 0 Å². The quantitative estimate of drug-likeness (QED) is 0.121. The second kappa shape index (κ2) is 20.7.